The summed E-state index contributed by atoms with van der Waals surface area (Å²) in [4.78, 5) is 2.93. The highest BCUT2D eigenvalue weighted by atomic mass is 15.3. The molecule has 110 valence electrons. The predicted octanol–water partition coefficient (Wildman–Crippen LogP) is 3.71. The standard InChI is InChI=1S/C17H32N2/c1-3-16(2)13-18-17(11-7-4-8-12-17)14-19(16)15-9-5-6-10-15/h15,18H,3-14H2,1-2H3. The Kier molecular flexibility index (Phi) is 3.92. The van der Waals surface area contributed by atoms with Crippen LogP contribution in [0.1, 0.15) is 78.1 Å². The van der Waals surface area contributed by atoms with Gasteiger partial charge in [-0.25, -0.2) is 0 Å². The fourth-order valence-electron chi connectivity index (χ4n) is 4.73. The Hall–Kier alpha value is -0.0800. The summed E-state index contributed by atoms with van der Waals surface area (Å²) in [5, 5.41) is 3.99. The highest BCUT2D eigenvalue weighted by Gasteiger charge is 2.47. The largest absolute Gasteiger partial charge is 0.308 e. The van der Waals surface area contributed by atoms with Crippen LogP contribution >= 0.6 is 0 Å². The van der Waals surface area contributed by atoms with E-state index in [1.807, 2.05) is 0 Å². The molecule has 1 heterocycles. The highest BCUT2D eigenvalue weighted by molar-refractivity contribution is 5.06. The molecule has 1 aliphatic heterocycles. The second kappa shape index (κ2) is 5.37. The summed E-state index contributed by atoms with van der Waals surface area (Å²) in [5.74, 6) is 0. The van der Waals surface area contributed by atoms with Crippen LogP contribution in [-0.2, 0) is 0 Å². The van der Waals surface area contributed by atoms with E-state index in [9.17, 15) is 0 Å². The maximum Gasteiger partial charge on any atom is 0.0309 e. The molecule has 3 rings (SSSR count). The van der Waals surface area contributed by atoms with E-state index in [0.717, 1.165) is 6.04 Å². The molecule has 2 saturated carbocycles. The summed E-state index contributed by atoms with van der Waals surface area (Å²) < 4.78 is 0. The van der Waals surface area contributed by atoms with Gasteiger partial charge in [0.15, 0.2) is 0 Å². The highest BCUT2D eigenvalue weighted by Crippen LogP contribution is 2.39. The van der Waals surface area contributed by atoms with Crippen LogP contribution in [-0.4, -0.2) is 35.1 Å². The first-order valence-electron chi connectivity index (χ1n) is 8.69. The van der Waals surface area contributed by atoms with Gasteiger partial charge >= 0.3 is 0 Å². The summed E-state index contributed by atoms with van der Waals surface area (Å²) in [6.07, 6.45) is 14.3. The molecule has 0 aromatic heterocycles. The van der Waals surface area contributed by atoms with E-state index < -0.39 is 0 Å². The lowest BCUT2D eigenvalue weighted by atomic mass is 9.76. The number of nitrogens with one attached hydrogen (secondary N) is 1. The van der Waals surface area contributed by atoms with Gasteiger partial charge in [0, 0.05) is 30.2 Å². The lowest BCUT2D eigenvalue weighted by molar-refractivity contribution is -0.0294. The molecule has 1 atom stereocenters. The Morgan fingerprint density at radius 3 is 2.37 bits per heavy atom. The van der Waals surface area contributed by atoms with Crippen LogP contribution in [0.15, 0.2) is 0 Å². The van der Waals surface area contributed by atoms with Crippen LogP contribution in [0.25, 0.3) is 0 Å². The van der Waals surface area contributed by atoms with E-state index in [-0.39, 0.29) is 0 Å². The summed E-state index contributed by atoms with van der Waals surface area (Å²) in [6, 6.07) is 0.880. The molecule has 19 heavy (non-hydrogen) atoms. The molecule has 1 saturated heterocycles. The smallest absolute Gasteiger partial charge is 0.0309 e. The van der Waals surface area contributed by atoms with Gasteiger partial charge in [0.05, 0.1) is 0 Å². The molecule has 0 aromatic carbocycles. The molecule has 1 N–H and O–H groups in total. The Labute approximate surface area is 119 Å². The van der Waals surface area contributed by atoms with Crippen molar-refractivity contribution in [2.24, 2.45) is 0 Å². The van der Waals surface area contributed by atoms with Crippen molar-refractivity contribution in [3.8, 4) is 0 Å². The zero-order valence-corrected chi connectivity index (χ0v) is 13.0. The molecular formula is C17H32N2. The molecule has 3 fully saturated rings. The zero-order chi connectivity index (χ0) is 13.3. The molecule has 1 unspecified atom stereocenters. The minimum Gasteiger partial charge on any atom is -0.308 e. The fraction of sp³-hybridized carbons (Fsp3) is 1.00. The number of nitrogens with zero attached hydrogens (tertiary/aromatic N) is 1. The van der Waals surface area contributed by atoms with Gasteiger partial charge < -0.3 is 5.32 Å². The van der Waals surface area contributed by atoms with Gasteiger partial charge in [-0.2, -0.15) is 0 Å². The number of rotatable bonds is 2. The molecule has 0 radical (unpaired) electrons. The van der Waals surface area contributed by atoms with Gasteiger partial charge in [-0.15, -0.1) is 0 Å². The average Bonchev–Trinajstić information content (AvgIpc) is 2.97. The van der Waals surface area contributed by atoms with Crippen LogP contribution in [0, 0.1) is 0 Å². The average molecular weight is 264 g/mol. The zero-order valence-electron chi connectivity index (χ0n) is 13.0. The summed E-state index contributed by atoms with van der Waals surface area (Å²) >= 11 is 0. The van der Waals surface area contributed by atoms with Crippen molar-refractivity contribution in [2.45, 2.75) is 95.2 Å². The molecular weight excluding hydrogens is 232 g/mol. The van der Waals surface area contributed by atoms with Crippen molar-refractivity contribution in [1.82, 2.24) is 10.2 Å². The Morgan fingerprint density at radius 2 is 1.74 bits per heavy atom. The van der Waals surface area contributed by atoms with E-state index in [0.29, 0.717) is 11.1 Å². The third kappa shape index (κ3) is 2.58. The molecule has 0 aromatic rings. The second-order valence-electron chi connectivity index (χ2n) is 7.61. The maximum absolute atomic E-state index is 3.99. The van der Waals surface area contributed by atoms with Crippen LogP contribution < -0.4 is 5.32 Å². The van der Waals surface area contributed by atoms with Crippen LogP contribution in [0.4, 0.5) is 0 Å². The number of hydrogen-bond acceptors (Lipinski definition) is 2. The van der Waals surface area contributed by atoms with Crippen molar-refractivity contribution in [1.29, 1.82) is 0 Å². The molecule has 0 bridgehead atoms. The maximum atomic E-state index is 3.99. The minimum atomic E-state index is 0.400. The predicted molar refractivity (Wildman–Crippen MR) is 81.5 cm³/mol. The second-order valence-corrected chi connectivity index (χ2v) is 7.61. The molecule has 2 aliphatic carbocycles. The van der Waals surface area contributed by atoms with Gasteiger partial charge in [0.25, 0.3) is 0 Å². The van der Waals surface area contributed by atoms with Crippen molar-refractivity contribution in [3.05, 3.63) is 0 Å². The topological polar surface area (TPSA) is 15.3 Å². The summed E-state index contributed by atoms with van der Waals surface area (Å²) in [6.45, 7) is 7.40. The van der Waals surface area contributed by atoms with E-state index >= 15 is 0 Å². The van der Waals surface area contributed by atoms with Crippen molar-refractivity contribution in [3.63, 3.8) is 0 Å². The molecule has 3 aliphatic rings. The Bertz CT molecular complexity index is 302. The molecule has 2 heteroatoms. The lowest BCUT2D eigenvalue weighted by Crippen LogP contribution is -2.71. The van der Waals surface area contributed by atoms with Gasteiger partial charge in [-0.1, -0.05) is 39.0 Å². The van der Waals surface area contributed by atoms with Crippen molar-refractivity contribution < 1.29 is 0 Å². The fourth-order valence-corrected chi connectivity index (χ4v) is 4.73. The summed E-state index contributed by atoms with van der Waals surface area (Å²) in [5.41, 5.74) is 0.868. The van der Waals surface area contributed by atoms with Crippen LogP contribution in [0.5, 0.6) is 0 Å². The SMILES string of the molecule is CCC1(C)CNC2(CCCCC2)CN1C1CCCC1. The normalized spacial score (nSPS) is 36.9. The van der Waals surface area contributed by atoms with Crippen LogP contribution in [0.3, 0.4) is 0 Å². The van der Waals surface area contributed by atoms with E-state index in [1.165, 1.54) is 77.3 Å². The van der Waals surface area contributed by atoms with Gasteiger partial charge in [0.1, 0.15) is 0 Å². The van der Waals surface area contributed by atoms with Crippen LogP contribution in [0.2, 0.25) is 0 Å². The monoisotopic (exact) mass is 264 g/mol. The molecule has 0 amide bonds. The van der Waals surface area contributed by atoms with E-state index in [4.69, 9.17) is 0 Å². The molecule has 1 spiro atoms. The quantitative estimate of drug-likeness (QED) is 0.818. The first-order valence-corrected chi connectivity index (χ1v) is 8.69. The van der Waals surface area contributed by atoms with E-state index in [1.54, 1.807) is 0 Å². The Balaban J connectivity index is 1.78. The van der Waals surface area contributed by atoms with Gasteiger partial charge in [-0.3, -0.25) is 4.90 Å². The third-order valence-electron chi connectivity index (χ3n) is 6.35. The molecule has 2 nitrogen and oxygen atoms in total. The van der Waals surface area contributed by atoms with Crippen molar-refractivity contribution in [2.75, 3.05) is 13.1 Å². The van der Waals surface area contributed by atoms with Gasteiger partial charge in [0.2, 0.25) is 0 Å². The summed E-state index contributed by atoms with van der Waals surface area (Å²) in [7, 11) is 0. The first-order chi connectivity index (χ1) is 9.18. The lowest BCUT2D eigenvalue weighted by Gasteiger charge is -2.56. The van der Waals surface area contributed by atoms with Gasteiger partial charge in [-0.05, 0) is 39.0 Å². The Morgan fingerprint density at radius 1 is 1.05 bits per heavy atom. The van der Waals surface area contributed by atoms with E-state index in [2.05, 4.69) is 24.1 Å². The third-order valence-corrected chi connectivity index (χ3v) is 6.35. The minimum absolute atomic E-state index is 0.400. The van der Waals surface area contributed by atoms with Crippen molar-refractivity contribution >= 4 is 0 Å². The number of hydrogen-bond donors (Lipinski definition) is 1. The number of piperazine rings is 1. The first kappa shape index (κ1) is 13.9.